The summed E-state index contributed by atoms with van der Waals surface area (Å²) in [6, 6.07) is 30.1. The first-order chi connectivity index (χ1) is 16.7. The van der Waals surface area contributed by atoms with Gasteiger partial charge in [0, 0.05) is 21.9 Å². The van der Waals surface area contributed by atoms with E-state index in [1.165, 1.54) is 44.2 Å². The van der Waals surface area contributed by atoms with Crippen molar-refractivity contribution < 1.29 is 9.15 Å². The van der Waals surface area contributed by atoms with E-state index in [2.05, 4.69) is 97.9 Å². The molecule has 5 aromatic rings. The minimum Gasteiger partial charge on any atom is -0.457 e. The quantitative estimate of drug-likeness (QED) is 0.242. The number of benzene rings is 4. The number of allylic oxidation sites excluding steroid dienone is 4. The van der Waals surface area contributed by atoms with Gasteiger partial charge in [0.2, 0.25) is 0 Å². The van der Waals surface area contributed by atoms with Gasteiger partial charge in [-0.15, -0.1) is 0 Å². The van der Waals surface area contributed by atoms with Crippen LogP contribution in [-0.4, -0.2) is 0 Å². The highest BCUT2D eigenvalue weighted by Gasteiger charge is 2.53. The highest BCUT2D eigenvalue weighted by atomic mass is 16.5. The van der Waals surface area contributed by atoms with Crippen molar-refractivity contribution in [1.29, 1.82) is 0 Å². The van der Waals surface area contributed by atoms with Crippen LogP contribution in [0.3, 0.4) is 0 Å². The molecule has 1 aromatic heterocycles. The van der Waals surface area contributed by atoms with Gasteiger partial charge in [0.05, 0.1) is 5.41 Å². The summed E-state index contributed by atoms with van der Waals surface area (Å²) in [5, 5.41) is 2.35. The minimum atomic E-state index is -0.422. The highest BCUT2D eigenvalue weighted by Crippen LogP contribution is 2.64. The number of rotatable bonds is 0. The van der Waals surface area contributed by atoms with Crippen molar-refractivity contribution in [3.8, 4) is 11.5 Å². The van der Waals surface area contributed by atoms with Crippen molar-refractivity contribution in [3.05, 3.63) is 125 Å². The van der Waals surface area contributed by atoms with E-state index < -0.39 is 5.41 Å². The molecule has 0 saturated heterocycles. The molecule has 0 N–H and O–H groups in total. The molecule has 2 heterocycles. The first-order valence-electron chi connectivity index (χ1n) is 12.0. The van der Waals surface area contributed by atoms with Crippen LogP contribution in [0.5, 0.6) is 11.5 Å². The average molecular weight is 439 g/mol. The van der Waals surface area contributed by atoms with E-state index in [1.807, 2.05) is 6.07 Å². The lowest BCUT2D eigenvalue weighted by Crippen LogP contribution is -2.32. The molecular formula is C32H22O2. The van der Waals surface area contributed by atoms with Crippen LogP contribution in [0.25, 0.3) is 27.5 Å². The number of hydrogen-bond donors (Lipinski definition) is 0. The zero-order valence-electron chi connectivity index (χ0n) is 18.8. The molecule has 1 aliphatic heterocycles. The Bertz CT molecular complexity index is 1680. The highest BCUT2D eigenvalue weighted by molar-refractivity contribution is 6.09. The van der Waals surface area contributed by atoms with Crippen LogP contribution in [0.15, 0.2) is 107 Å². The summed E-state index contributed by atoms with van der Waals surface area (Å²) in [6.07, 6.45) is 5.99. The fraction of sp³-hybridized carbons (Fsp3) is 0.125. The SMILES string of the molecule is CC1C=C2C(=CC1)c1cc3c(cc1C21c2ccccc2Oc2ccccc21)oc1ccccc13. The van der Waals surface area contributed by atoms with Gasteiger partial charge in [0.25, 0.3) is 0 Å². The number of furan rings is 1. The maximum absolute atomic E-state index is 6.45. The summed E-state index contributed by atoms with van der Waals surface area (Å²) in [6.45, 7) is 2.31. The summed E-state index contributed by atoms with van der Waals surface area (Å²) in [4.78, 5) is 0. The summed E-state index contributed by atoms with van der Waals surface area (Å²) in [5.41, 5.74) is 9.18. The maximum atomic E-state index is 6.45. The average Bonchev–Trinajstić information content (AvgIpc) is 3.36. The van der Waals surface area contributed by atoms with E-state index in [-0.39, 0.29) is 0 Å². The van der Waals surface area contributed by atoms with Gasteiger partial charge >= 0.3 is 0 Å². The van der Waals surface area contributed by atoms with E-state index in [9.17, 15) is 0 Å². The summed E-state index contributed by atoms with van der Waals surface area (Å²) < 4.78 is 12.8. The van der Waals surface area contributed by atoms with E-state index in [0.29, 0.717) is 5.92 Å². The van der Waals surface area contributed by atoms with Gasteiger partial charge in [-0.3, -0.25) is 0 Å². The van der Waals surface area contributed by atoms with Crippen molar-refractivity contribution in [1.82, 2.24) is 0 Å². The molecule has 34 heavy (non-hydrogen) atoms. The van der Waals surface area contributed by atoms with Gasteiger partial charge < -0.3 is 9.15 Å². The Morgan fingerprint density at radius 3 is 2.24 bits per heavy atom. The molecule has 0 radical (unpaired) electrons. The Labute approximate surface area is 197 Å². The molecule has 2 aliphatic carbocycles. The molecule has 0 amide bonds. The lowest BCUT2D eigenvalue weighted by Gasteiger charge is -2.40. The van der Waals surface area contributed by atoms with E-state index in [1.54, 1.807) is 0 Å². The van der Waals surface area contributed by atoms with Crippen molar-refractivity contribution in [3.63, 3.8) is 0 Å². The van der Waals surface area contributed by atoms with Crippen LogP contribution in [0.2, 0.25) is 0 Å². The Hall–Kier alpha value is -4.04. The fourth-order valence-electron chi connectivity index (χ4n) is 6.46. The zero-order valence-corrected chi connectivity index (χ0v) is 18.8. The number of ether oxygens (including phenoxy) is 1. The first kappa shape index (κ1) is 18.4. The van der Waals surface area contributed by atoms with Crippen molar-refractivity contribution in [2.45, 2.75) is 18.8 Å². The Kier molecular flexibility index (Phi) is 3.41. The molecule has 0 fully saturated rings. The summed E-state index contributed by atoms with van der Waals surface area (Å²) in [5.74, 6) is 2.34. The van der Waals surface area contributed by atoms with Gasteiger partial charge in [-0.05, 0) is 64.9 Å². The van der Waals surface area contributed by atoms with Crippen LogP contribution < -0.4 is 4.74 Å². The number of fused-ring (bicyclic) bond motifs is 12. The second kappa shape index (κ2) is 6.30. The topological polar surface area (TPSA) is 22.4 Å². The van der Waals surface area contributed by atoms with Gasteiger partial charge in [-0.2, -0.15) is 0 Å². The standard InChI is InChI=1S/C32H22O2/c1-19-14-15-20-22-17-23-21-8-2-5-11-28(21)33-31(23)18-27(22)32(26(20)16-19)24-9-3-6-12-29(24)34-30-13-7-4-10-25(30)32/h2-13,15-19H,14H2,1H3. The third-order valence-corrected chi connectivity index (χ3v) is 7.85. The van der Waals surface area contributed by atoms with Gasteiger partial charge in [0.1, 0.15) is 22.7 Å². The summed E-state index contributed by atoms with van der Waals surface area (Å²) >= 11 is 0. The van der Waals surface area contributed by atoms with Gasteiger partial charge in [0.15, 0.2) is 0 Å². The van der Waals surface area contributed by atoms with Crippen LogP contribution in [0.4, 0.5) is 0 Å². The molecule has 0 bridgehead atoms. The summed E-state index contributed by atoms with van der Waals surface area (Å²) in [7, 11) is 0. The van der Waals surface area contributed by atoms with E-state index in [4.69, 9.17) is 9.15 Å². The minimum absolute atomic E-state index is 0.422. The third kappa shape index (κ3) is 2.12. The van der Waals surface area contributed by atoms with Crippen LogP contribution in [0.1, 0.15) is 35.6 Å². The van der Waals surface area contributed by atoms with Crippen LogP contribution in [0, 0.1) is 5.92 Å². The molecule has 1 atom stereocenters. The molecule has 1 spiro atoms. The lowest BCUT2D eigenvalue weighted by molar-refractivity contribution is 0.435. The monoisotopic (exact) mass is 438 g/mol. The fourth-order valence-corrected chi connectivity index (χ4v) is 6.46. The molecule has 4 aromatic carbocycles. The zero-order chi connectivity index (χ0) is 22.4. The molecule has 0 saturated carbocycles. The second-order valence-electron chi connectivity index (χ2n) is 9.75. The smallest absolute Gasteiger partial charge is 0.135 e. The van der Waals surface area contributed by atoms with Crippen LogP contribution in [-0.2, 0) is 5.41 Å². The lowest BCUT2D eigenvalue weighted by atomic mass is 9.65. The third-order valence-electron chi connectivity index (χ3n) is 7.85. The van der Waals surface area contributed by atoms with Gasteiger partial charge in [-0.25, -0.2) is 0 Å². The Balaban J connectivity index is 1.58. The normalized spacial score (nSPS) is 19.1. The Morgan fingerprint density at radius 1 is 0.735 bits per heavy atom. The molecule has 2 heteroatoms. The van der Waals surface area contributed by atoms with Crippen molar-refractivity contribution in [2.24, 2.45) is 5.92 Å². The van der Waals surface area contributed by atoms with E-state index in [0.717, 1.165) is 29.1 Å². The van der Waals surface area contributed by atoms with Crippen molar-refractivity contribution >= 4 is 27.5 Å². The predicted octanol–water partition coefficient (Wildman–Crippen LogP) is 8.39. The molecule has 162 valence electrons. The number of para-hydroxylation sites is 3. The first-order valence-corrected chi connectivity index (χ1v) is 12.0. The second-order valence-corrected chi connectivity index (χ2v) is 9.75. The van der Waals surface area contributed by atoms with Crippen LogP contribution >= 0.6 is 0 Å². The largest absolute Gasteiger partial charge is 0.457 e. The maximum Gasteiger partial charge on any atom is 0.135 e. The molecule has 2 nitrogen and oxygen atoms in total. The number of hydrogen-bond acceptors (Lipinski definition) is 2. The van der Waals surface area contributed by atoms with Gasteiger partial charge in [-0.1, -0.05) is 73.7 Å². The Morgan fingerprint density at radius 2 is 1.44 bits per heavy atom. The molecule has 8 rings (SSSR count). The molecular weight excluding hydrogens is 416 g/mol. The predicted molar refractivity (Wildman–Crippen MR) is 136 cm³/mol. The molecule has 1 unspecified atom stereocenters. The van der Waals surface area contributed by atoms with Crippen molar-refractivity contribution in [2.75, 3.05) is 0 Å². The molecule has 3 aliphatic rings. The van der Waals surface area contributed by atoms with E-state index >= 15 is 0 Å².